The zero-order valence-corrected chi connectivity index (χ0v) is 8.73. The quantitative estimate of drug-likeness (QED) is 0.587. The summed E-state index contributed by atoms with van der Waals surface area (Å²) in [4.78, 5) is 4.03. The second kappa shape index (κ2) is 6.60. The molecule has 1 heterocycles. The van der Waals surface area contributed by atoms with Crippen molar-refractivity contribution in [2.45, 2.75) is 12.8 Å². The van der Waals surface area contributed by atoms with E-state index in [4.69, 9.17) is 4.74 Å². The van der Waals surface area contributed by atoms with E-state index in [1.807, 2.05) is 18.2 Å². The van der Waals surface area contributed by atoms with Gasteiger partial charge in [-0.3, -0.25) is 4.99 Å². The second-order valence-corrected chi connectivity index (χ2v) is 3.06. The molecule has 0 N–H and O–H groups in total. The smallest absolute Gasteiger partial charge is 0.138 e. The Morgan fingerprint density at radius 3 is 2.73 bits per heavy atom. The standard InChI is InChI=1S/C13H15NO/c1-12-9-7-5-3-4-6-8-10-14-11-13(2)15-12/h3,5,7-11H,1-2,4,6H2/b5-3-,9-7-,10-8-,14-11-. The molecule has 2 heteroatoms. The molecule has 0 aromatic rings. The molecule has 1 aliphatic rings. The van der Waals surface area contributed by atoms with Crippen LogP contribution < -0.4 is 0 Å². The highest BCUT2D eigenvalue weighted by Crippen LogP contribution is 2.03. The van der Waals surface area contributed by atoms with Crippen LogP contribution in [-0.4, -0.2) is 6.21 Å². The molecular formula is C13H15NO. The van der Waals surface area contributed by atoms with Gasteiger partial charge >= 0.3 is 0 Å². The maximum absolute atomic E-state index is 5.27. The van der Waals surface area contributed by atoms with Crippen LogP contribution in [0, 0.1) is 0 Å². The summed E-state index contributed by atoms with van der Waals surface area (Å²) in [5, 5.41) is 0. The SMILES string of the molecule is C=C1/C=C\C=C/CC/C=C\N=C/C(=C)O1. The molecule has 0 fully saturated rings. The number of nitrogens with zero attached hydrogens (tertiary/aromatic N) is 1. The molecule has 78 valence electrons. The highest BCUT2D eigenvalue weighted by Gasteiger charge is 1.91. The summed E-state index contributed by atoms with van der Waals surface area (Å²) in [6, 6.07) is 0. The summed E-state index contributed by atoms with van der Waals surface area (Å²) < 4.78 is 5.27. The maximum atomic E-state index is 5.27. The Balaban J connectivity index is 2.68. The van der Waals surface area contributed by atoms with Crippen molar-refractivity contribution in [1.82, 2.24) is 0 Å². The van der Waals surface area contributed by atoms with Gasteiger partial charge in [-0.25, -0.2) is 0 Å². The van der Waals surface area contributed by atoms with Crippen LogP contribution in [-0.2, 0) is 4.74 Å². The van der Waals surface area contributed by atoms with Crippen molar-refractivity contribution in [2.75, 3.05) is 0 Å². The minimum absolute atomic E-state index is 0.484. The van der Waals surface area contributed by atoms with Crippen LogP contribution in [0.1, 0.15) is 12.8 Å². The van der Waals surface area contributed by atoms with E-state index < -0.39 is 0 Å². The van der Waals surface area contributed by atoms with Gasteiger partial charge in [0.15, 0.2) is 0 Å². The van der Waals surface area contributed by atoms with Crippen LogP contribution in [0.3, 0.4) is 0 Å². The molecule has 0 amide bonds. The minimum atomic E-state index is 0.484. The van der Waals surface area contributed by atoms with E-state index in [9.17, 15) is 0 Å². The highest BCUT2D eigenvalue weighted by atomic mass is 16.5. The lowest BCUT2D eigenvalue weighted by Gasteiger charge is -2.02. The van der Waals surface area contributed by atoms with E-state index in [0.717, 1.165) is 12.8 Å². The zero-order chi connectivity index (χ0) is 10.9. The summed E-state index contributed by atoms with van der Waals surface area (Å²) >= 11 is 0. The first-order valence-electron chi connectivity index (χ1n) is 4.86. The summed E-state index contributed by atoms with van der Waals surface area (Å²) in [6.45, 7) is 7.43. The Labute approximate surface area is 90.7 Å². The molecule has 0 atom stereocenters. The predicted molar refractivity (Wildman–Crippen MR) is 64.5 cm³/mol. The van der Waals surface area contributed by atoms with Crippen molar-refractivity contribution >= 4 is 6.21 Å². The minimum Gasteiger partial charge on any atom is -0.457 e. The molecule has 1 rings (SSSR count). The van der Waals surface area contributed by atoms with Crippen molar-refractivity contribution in [3.8, 4) is 0 Å². The molecular weight excluding hydrogens is 186 g/mol. The first-order valence-corrected chi connectivity index (χ1v) is 4.86. The fourth-order valence-corrected chi connectivity index (χ4v) is 1.02. The van der Waals surface area contributed by atoms with Gasteiger partial charge in [-0.2, -0.15) is 0 Å². The van der Waals surface area contributed by atoms with Crippen molar-refractivity contribution < 1.29 is 4.74 Å². The number of rotatable bonds is 0. The average molecular weight is 201 g/mol. The molecule has 0 radical (unpaired) electrons. The molecule has 0 unspecified atom stereocenters. The third-order valence-corrected chi connectivity index (χ3v) is 1.70. The van der Waals surface area contributed by atoms with Crippen LogP contribution in [0.25, 0.3) is 0 Å². The Kier molecular flexibility index (Phi) is 4.95. The van der Waals surface area contributed by atoms with Gasteiger partial charge < -0.3 is 4.74 Å². The second-order valence-electron chi connectivity index (χ2n) is 3.06. The van der Waals surface area contributed by atoms with Crippen LogP contribution >= 0.6 is 0 Å². The van der Waals surface area contributed by atoms with Crippen molar-refractivity contribution in [2.24, 2.45) is 4.99 Å². The van der Waals surface area contributed by atoms with Crippen molar-refractivity contribution in [1.29, 1.82) is 0 Å². The number of hydrogen-bond acceptors (Lipinski definition) is 2. The Bertz CT molecular complexity index is 312. The lowest BCUT2D eigenvalue weighted by Crippen LogP contribution is -1.88. The third kappa shape index (κ3) is 5.47. The zero-order valence-electron chi connectivity index (χ0n) is 8.73. The summed E-state index contributed by atoms with van der Waals surface area (Å²) in [7, 11) is 0. The van der Waals surface area contributed by atoms with Crippen LogP contribution in [0.4, 0.5) is 0 Å². The summed E-state index contributed by atoms with van der Waals surface area (Å²) in [6.07, 6.45) is 15.1. The van der Waals surface area contributed by atoms with Gasteiger partial charge in [0.25, 0.3) is 0 Å². The molecule has 0 saturated carbocycles. The lowest BCUT2D eigenvalue weighted by atomic mass is 10.3. The van der Waals surface area contributed by atoms with Gasteiger partial charge in [-0.05, 0) is 18.9 Å². The van der Waals surface area contributed by atoms with Gasteiger partial charge in [0.1, 0.15) is 11.5 Å². The van der Waals surface area contributed by atoms with Gasteiger partial charge in [0.05, 0.1) is 6.21 Å². The van der Waals surface area contributed by atoms with E-state index in [1.54, 1.807) is 18.5 Å². The van der Waals surface area contributed by atoms with E-state index >= 15 is 0 Å². The fraction of sp³-hybridized carbons (Fsp3) is 0.154. The first kappa shape index (κ1) is 11.2. The van der Waals surface area contributed by atoms with E-state index in [-0.39, 0.29) is 0 Å². The summed E-state index contributed by atoms with van der Waals surface area (Å²) in [5.41, 5.74) is 0. The number of allylic oxidation sites excluding steroid dienone is 6. The van der Waals surface area contributed by atoms with Crippen molar-refractivity contribution in [3.63, 3.8) is 0 Å². The Morgan fingerprint density at radius 2 is 1.87 bits per heavy atom. The molecule has 0 spiro atoms. The molecule has 0 aromatic heterocycles. The van der Waals surface area contributed by atoms with Crippen molar-refractivity contribution in [3.05, 3.63) is 61.3 Å². The molecule has 0 bridgehead atoms. The molecule has 1 aliphatic heterocycles. The Morgan fingerprint density at radius 1 is 1.07 bits per heavy atom. The molecule has 0 aromatic carbocycles. The van der Waals surface area contributed by atoms with Crippen LogP contribution in [0.5, 0.6) is 0 Å². The number of hydrogen-bond donors (Lipinski definition) is 0. The highest BCUT2D eigenvalue weighted by molar-refractivity contribution is 5.75. The number of ether oxygens (including phenoxy) is 1. The predicted octanol–water partition coefficient (Wildman–Crippen LogP) is 3.52. The molecule has 0 saturated heterocycles. The van der Waals surface area contributed by atoms with E-state index in [0.29, 0.717) is 11.5 Å². The van der Waals surface area contributed by atoms with Crippen LogP contribution in [0.2, 0.25) is 0 Å². The number of aliphatic imine (C=N–C) groups is 1. The monoisotopic (exact) mass is 201 g/mol. The molecule has 2 nitrogen and oxygen atoms in total. The largest absolute Gasteiger partial charge is 0.457 e. The fourth-order valence-electron chi connectivity index (χ4n) is 1.02. The summed E-state index contributed by atoms with van der Waals surface area (Å²) in [5.74, 6) is 1.04. The third-order valence-electron chi connectivity index (χ3n) is 1.70. The van der Waals surface area contributed by atoms with E-state index in [2.05, 4.69) is 24.2 Å². The van der Waals surface area contributed by atoms with E-state index in [1.165, 1.54) is 0 Å². The first-order chi connectivity index (χ1) is 7.29. The van der Waals surface area contributed by atoms with Gasteiger partial charge in [-0.1, -0.05) is 37.5 Å². The molecule has 0 aliphatic carbocycles. The van der Waals surface area contributed by atoms with Gasteiger partial charge in [0.2, 0.25) is 0 Å². The normalized spacial score (nSPS) is 26.4. The lowest BCUT2D eigenvalue weighted by molar-refractivity contribution is 0.351. The van der Waals surface area contributed by atoms with Gasteiger partial charge in [0, 0.05) is 6.20 Å². The Hall–Kier alpha value is -1.83. The topological polar surface area (TPSA) is 21.6 Å². The maximum Gasteiger partial charge on any atom is 0.138 e. The average Bonchev–Trinajstić information content (AvgIpc) is 2.21. The van der Waals surface area contributed by atoms with Gasteiger partial charge in [-0.15, -0.1) is 0 Å². The molecule has 15 heavy (non-hydrogen) atoms. The van der Waals surface area contributed by atoms with Crippen LogP contribution in [0.15, 0.2) is 66.2 Å².